The van der Waals surface area contributed by atoms with Crippen LogP contribution in [0.25, 0.3) is 0 Å². The lowest BCUT2D eigenvalue weighted by atomic mass is 9.45. The van der Waals surface area contributed by atoms with Crippen LogP contribution in [0.15, 0.2) is 35.9 Å². The summed E-state index contributed by atoms with van der Waals surface area (Å²) in [5.41, 5.74) is 0.760. The van der Waals surface area contributed by atoms with Gasteiger partial charge in [-0.2, -0.15) is 0 Å². The minimum Gasteiger partial charge on any atom is -0.482 e. The number of aliphatic hydroxyl groups excluding tert-OH is 2. The summed E-state index contributed by atoms with van der Waals surface area (Å²) < 4.78 is 7.13. The molecule has 4 aliphatic carbocycles. The summed E-state index contributed by atoms with van der Waals surface area (Å²) in [5, 5.41) is 23.4. The number of halogens is 1. The van der Waals surface area contributed by atoms with Gasteiger partial charge in [0.15, 0.2) is 0 Å². The average Bonchev–Trinajstić information content (AvgIpc) is 2.87. The summed E-state index contributed by atoms with van der Waals surface area (Å²) in [7, 11) is 0. The second-order valence-electron chi connectivity index (χ2n) is 11.0. The molecule has 0 radical (unpaired) electrons. The van der Waals surface area contributed by atoms with E-state index in [1.165, 1.54) is 12.8 Å². The minimum absolute atomic E-state index is 0.0108. The van der Waals surface area contributed by atoms with Gasteiger partial charge in [0.25, 0.3) is 0 Å². The van der Waals surface area contributed by atoms with Crippen molar-refractivity contribution in [2.75, 3.05) is 19.7 Å². The van der Waals surface area contributed by atoms with E-state index in [1.54, 1.807) is 6.08 Å². The Balaban J connectivity index is 1.62. The molecular weight excluding hydrogens is 571 g/mol. The molecule has 6 atom stereocenters. The zero-order chi connectivity index (χ0) is 26.0. The molecule has 1 aromatic carbocycles. The third-order valence-corrected chi connectivity index (χ3v) is 9.66. The van der Waals surface area contributed by atoms with Crippen LogP contribution in [-0.4, -0.2) is 64.9 Å². The Labute approximate surface area is 227 Å². The van der Waals surface area contributed by atoms with Crippen LogP contribution < -0.4 is 10.1 Å². The van der Waals surface area contributed by atoms with Crippen molar-refractivity contribution in [3.05, 3.63) is 39.5 Å². The summed E-state index contributed by atoms with van der Waals surface area (Å²) in [6, 6.07) is 6.97. The van der Waals surface area contributed by atoms with Crippen LogP contribution in [0.4, 0.5) is 0 Å². The number of benzene rings is 1. The van der Waals surface area contributed by atoms with Crippen LogP contribution >= 0.6 is 22.6 Å². The van der Waals surface area contributed by atoms with E-state index >= 15 is 0 Å². The van der Waals surface area contributed by atoms with Crippen LogP contribution in [0.2, 0.25) is 0 Å². The van der Waals surface area contributed by atoms with E-state index in [1.807, 2.05) is 36.1 Å². The zero-order valence-electron chi connectivity index (χ0n) is 21.5. The molecule has 1 aromatic rings. The highest BCUT2D eigenvalue weighted by molar-refractivity contribution is 14.1. The SMILES string of the molecule is CCC(=O)N(CC1CCC2CC1C2(C)C)C1CC(C(=O)NCCO)=CC(Oc2ccccc2I)C1O. The molecule has 2 bridgehead atoms. The number of ether oxygens (including phenoxy) is 1. The molecule has 4 aliphatic rings. The van der Waals surface area contributed by atoms with Crippen LogP contribution in [-0.2, 0) is 9.59 Å². The Hall–Kier alpha value is -1.65. The van der Waals surface area contributed by atoms with E-state index in [9.17, 15) is 19.8 Å². The highest BCUT2D eigenvalue weighted by Gasteiger charge is 2.55. The number of aliphatic hydroxyl groups is 2. The molecule has 2 amide bonds. The number of fused-ring (bicyclic) bond motifs is 2. The van der Waals surface area contributed by atoms with E-state index in [2.05, 4.69) is 41.8 Å². The lowest BCUT2D eigenvalue weighted by Crippen LogP contribution is -2.59. The Morgan fingerprint density at radius 3 is 2.64 bits per heavy atom. The topological polar surface area (TPSA) is 99.1 Å². The van der Waals surface area contributed by atoms with Gasteiger partial charge in [-0.3, -0.25) is 9.59 Å². The number of para-hydroxylation sites is 1. The Morgan fingerprint density at radius 2 is 2.00 bits per heavy atom. The molecule has 0 aromatic heterocycles. The molecule has 3 fully saturated rings. The molecule has 7 nitrogen and oxygen atoms in total. The number of carbonyl (C=O) groups excluding carboxylic acids is 2. The van der Waals surface area contributed by atoms with Gasteiger partial charge in [-0.1, -0.05) is 32.9 Å². The monoisotopic (exact) mass is 610 g/mol. The second-order valence-corrected chi connectivity index (χ2v) is 12.2. The van der Waals surface area contributed by atoms with Crippen molar-refractivity contribution < 1.29 is 24.5 Å². The third-order valence-electron chi connectivity index (χ3n) is 8.77. The molecule has 0 spiro atoms. The molecule has 36 heavy (non-hydrogen) atoms. The first-order chi connectivity index (χ1) is 17.2. The van der Waals surface area contributed by atoms with Crippen molar-refractivity contribution in [3.8, 4) is 5.75 Å². The van der Waals surface area contributed by atoms with Crippen LogP contribution in [0, 0.1) is 26.7 Å². The average molecular weight is 611 g/mol. The lowest BCUT2D eigenvalue weighted by Gasteiger charge is -2.61. The summed E-state index contributed by atoms with van der Waals surface area (Å²) >= 11 is 2.18. The van der Waals surface area contributed by atoms with Gasteiger partial charge in [-0.25, -0.2) is 0 Å². The van der Waals surface area contributed by atoms with Crippen molar-refractivity contribution in [2.45, 2.75) is 71.1 Å². The van der Waals surface area contributed by atoms with Gasteiger partial charge < -0.3 is 25.2 Å². The number of hydrogen-bond acceptors (Lipinski definition) is 5. The van der Waals surface area contributed by atoms with Gasteiger partial charge in [-0.05, 0) is 83.2 Å². The van der Waals surface area contributed by atoms with E-state index in [4.69, 9.17) is 4.74 Å². The number of rotatable bonds is 9. The summed E-state index contributed by atoms with van der Waals surface area (Å²) in [6.07, 6.45) is 4.00. The van der Waals surface area contributed by atoms with Crippen molar-refractivity contribution in [1.82, 2.24) is 10.2 Å². The third kappa shape index (κ3) is 5.45. The highest BCUT2D eigenvalue weighted by Crippen LogP contribution is 2.61. The van der Waals surface area contributed by atoms with E-state index in [0.29, 0.717) is 41.5 Å². The maximum absolute atomic E-state index is 13.3. The predicted molar refractivity (Wildman–Crippen MR) is 146 cm³/mol. The van der Waals surface area contributed by atoms with E-state index < -0.39 is 18.2 Å². The molecule has 6 unspecified atom stereocenters. The molecule has 3 saturated carbocycles. The van der Waals surface area contributed by atoms with Gasteiger partial charge in [-0.15, -0.1) is 0 Å². The smallest absolute Gasteiger partial charge is 0.247 e. The molecule has 8 heteroatoms. The van der Waals surface area contributed by atoms with Crippen molar-refractivity contribution >= 4 is 34.4 Å². The summed E-state index contributed by atoms with van der Waals surface area (Å²) in [6.45, 7) is 7.11. The number of nitrogens with one attached hydrogen (secondary N) is 1. The summed E-state index contributed by atoms with van der Waals surface area (Å²) in [5.74, 6) is 2.04. The van der Waals surface area contributed by atoms with Crippen molar-refractivity contribution in [3.63, 3.8) is 0 Å². The van der Waals surface area contributed by atoms with Crippen molar-refractivity contribution in [2.24, 2.45) is 23.2 Å². The van der Waals surface area contributed by atoms with Crippen LogP contribution in [0.1, 0.15) is 52.9 Å². The number of nitrogens with zero attached hydrogens (tertiary/aromatic N) is 1. The van der Waals surface area contributed by atoms with Gasteiger partial charge >= 0.3 is 0 Å². The largest absolute Gasteiger partial charge is 0.482 e. The maximum Gasteiger partial charge on any atom is 0.247 e. The fourth-order valence-electron chi connectivity index (χ4n) is 6.53. The fraction of sp³-hybridized carbons (Fsp3) is 0.643. The van der Waals surface area contributed by atoms with E-state index in [-0.39, 0.29) is 31.4 Å². The zero-order valence-corrected chi connectivity index (χ0v) is 23.6. The van der Waals surface area contributed by atoms with Gasteiger partial charge in [0, 0.05) is 31.5 Å². The Bertz CT molecular complexity index is 994. The van der Waals surface area contributed by atoms with Crippen LogP contribution in [0.5, 0.6) is 5.75 Å². The van der Waals surface area contributed by atoms with Gasteiger partial charge in [0.05, 0.1) is 16.2 Å². The molecule has 0 aliphatic heterocycles. The Kier molecular flexibility index (Phi) is 8.67. The molecule has 3 N–H and O–H groups in total. The van der Waals surface area contributed by atoms with E-state index in [0.717, 1.165) is 15.9 Å². The predicted octanol–water partition coefficient (Wildman–Crippen LogP) is 3.52. The molecule has 0 saturated heterocycles. The standard InChI is InChI=1S/C28H39IN2O5/c1-4-25(33)31(16-17-9-10-19-15-20(17)28(19,2)3)22-13-18(27(35)30-11-12-32)14-24(26(22)34)36-23-8-6-5-7-21(23)29/h5-8,14,17,19-20,22,24,26,32,34H,4,9-13,15-16H2,1-3H3,(H,30,35). The first-order valence-corrected chi connectivity index (χ1v) is 14.2. The molecular formula is C28H39IN2O5. The Morgan fingerprint density at radius 1 is 1.25 bits per heavy atom. The van der Waals surface area contributed by atoms with Crippen LogP contribution in [0.3, 0.4) is 0 Å². The molecule has 0 heterocycles. The first-order valence-electron chi connectivity index (χ1n) is 13.2. The highest BCUT2D eigenvalue weighted by atomic mass is 127. The number of carbonyl (C=O) groups is 2. The number of amides is 2. The second kappa shape index (κ2) is 11.4. The minimum atomic E-state index is -0.975. The summed E-state index contributed by atoms with van der Waals surface area (Å²) in [4.78, 5) is 28.1. The lowest BCUT2D eigenvalue weighted by molar-refractivity contribution is -0.147. The van der Waals surface area contributed by atoms with Gasteiger partial charge in [0.2, 0.25) is 11.8 Å². The fourth-order valence-corrected chi connectivity index (χ4v) is 7.04. The normalized spacial score (nSPS) is 30.6. The quantitative estimate of drug-likeness (QED) is 0.372. The van der Waals surface area contributed by atoms with Gasteiger partial charge in [0.1, 0.15) is 18.0 Å². The molecule has 5 rings (SSSR count). The maximum atomic E-state index is 13.3. The van der Waals surface area contributed by atoms with Crippen molar-refractivity contribution in [1.29, 1.82) is 0 Å². The first kappa shape index (κ1) is 27.4. The molecule has 198 valence electrons. The number of hydrogen-bond donors (Lipinski definition) is 3.